The Morgan fingerprint density at radius 1 is 0.818 bits per heavy atom. The van der Waals surface area contributed by atoms with Crippen molar-refractivity contribution >= 4 is 17.1 Å². The van der Waals surface area contributed by atoms with E-state index in [0.29, 0.717) is 22.5 Å². The molecule has 0 amide bonds. The Kier molecular flexibility index (Phi) is 6.41. The average Bonchev–Trinajstić information content (AvgIpc) is 3.12. The number of H-pyrrole nitrogens is 1. The summed E-state index contributed by atoms with van der Waals surface area (Å²) >= 11 is 0. The zero-order valence-corrected chi connectivity index (χ0v) is 18.9. The molecule has 1 heterocycles. The highest BCUT2D eigenvalue weighted by molar-refractivity contribution is 6.27. The lowest BCUT2D eigenvalue weighted by molar-refractivity contribution is -0.140. The number of hydrogen-bond acceptors (Lipinski definition) is 3. The minimum absolute atomic E-state index is 0.245. The third-order valence-electron chi connectivity index (χ3n) is 5.26. The number of para-hydroxylation sites is 1. The molecule has 0 aliphatic carbocycles. The van der Waals surface area contributed by atoms with Gasteiger partial charge in [-0.3, -0.25) is 9.89 Å². The molecule has 4 rings (SSSR count). The number of aromatic nitrogens is 2. The van der Waals surface area contributed by atoms with E-state index >= 15 is 0 Å². The Balaban J connectivity index is 2.08. The molecule has 5 heteroatoms. The van der Waals surface area contributed by atoms with Crippen LogP contribution in [-0.2, 0) is 9.53 Å². The number of benzene rings is 3. The maximum absolute atomic E-state index is 13.7. The van der Waals surface area contributed by atoms with Gasteiger partial charge in [-0.15, -0.1) is 0 Å². The third-order valence-corrected chi connectivity index (χ3v) is 5.26. The normalized spacial score (nSPS) is 10.8. The van der Waals surface area contributed by atoms with E-state index in [1.165, 1.54) is 4.68 Å². The Labute approximate surface area is 193 Å². The fourth-order valence-corrected chi connectivity index (χ4v) is 3.87. The highest BCUT2D eigenvalue weighted by Gasteiger charge is 2.28. The molecule has 0 atom stereocenters. The Morgan fingerprint density at radius 3 is 1.79 bits per heavy atom. The summed E-state index contributed by atoms with van der Waals surface area (Å²) in [6, 6.07) is 28.5. The second-order valence-corrected chi connectivity index (χ2v) is 8.02. The van der Waals surface area contributed by atoms with E-state index in [0.717, 1.165) is 11.1 Å². The second-order valence-electron chi connectivity index (χ2n) is 8.02. The zero-order chi connectivity index (χ0) is 23.4. The van der Waals surface area contributed by atoms with Gasteiger partial charge in [-0.25, -0.2) is 9.48 Å². The van der Waals surface area contributed by atoms with Crippen LogP contribution in [0.25, 0.3) is 16.8 Å². The number of rotatable bonds is 6. The predicted octanol–water partition coefficient (Wildman–Crippen LogP) is 5.38. The van der Waals surface area contributed by atoms with Gasteiger partial charge < -0.3 is 4.74 Å². The molecular weight excluding hydrogens is 412 g/mol. The van der Waals surface area contributed by atoms with E-state index in [4.69, 9.17) is 4.74 Å². The number of esters is 1. The lowest BCUT2D eigenvalue weighted by Gasteiger charge is -2.17. The summed E-state index contributed by atoms with van der Waals surface area (Å²) in [7, 11) is 0. The van der Waals surface area contributed by atoms with Crippen molar-refractivity contribution in [2.45, 2.75) is 26.9 Å². The fraction of sp³-hybridized carbons (Fsp3) is 0.143. The van der Waals surface area contributed by atoms with Crippen molar-refractivity contribution in [3.63, 3.8) is 0 Å². The van der Waals surface area contributed by atoms with Gasteiger partial charge in [0.05, 0.1) is 22.9 Å². The summed E-state index contributed by atoms with van der Waals surface area (Å²) in [4.78, 5) is 27.2. The average molecular weight is 439 g/mol. The van der Waals surface area contributed by atoms with Crippen LogP contribution < -0.4 is 5.56 Å². The van der Waals surface area contributed by atoms with Crippen LogP contribution in [0.2, 0.25) is 0 Å². The molecule has 0 aliphatic heterocycles. The summed E-state index contributed by atoms with van der Waals surface area (Å²) in [5.74, 6) is -0.535. The van der Waals surface area contributed by atoms with Crippen molar-refractivity contribution in [1.29, 1.82) is 0 Å². The van der Waals surface area contributed by atoms with Gasteiger partial charge in [0.1, 0.15) is 0 Å². The summed E-state index contributed by atoms with van der Waals surface area (Å²) in [6.45, 7) is 5.39. The molecule has 4 aromatic rings. The van der Waals surface area contributed by atoms with Crippen molar-refractivity contribution in [3.8, 4) is 5.69 Å². The number of nitrogens with zero attached hydrogens (tertiary/aromatic N) is 1. The lowest BCUT2D eigenvalue weighted by atomic mass is 9.89. The van der Waals surface area contributed by atoms with Crippen LogP contribution in [0.3, 0.4) is 0 Å². The van der Waals surface area contributed by atoms with Gasteiger partial charge in [0.25, 0.3) is 5.56 Å². The largest absolute Gasteiger partial charge is 0.459 e. The van der Waals surface area contributed by atoms with E-state index in [9.17, 15) is 9.59 Å². The van der Waals surface area contributed by atoms with Gasteiger partial charge in [-0.1, -0.05) is 78.9 Å². The summed E-state index contributed by atoms with van der Waals surface area (Å²) in [6.07, 6.45) is -0.337. The molecule has 0 saturated carbocycles. The zero-order valence-electron chi connectivity index (χ0n) is 18.9. The summed E-state index contributed by atoms with van der Waals surface area (Å²) in [5, 5.41) is 3.14. The second kappa shape index (κ2) is 9.57. The van der Waals surface area contributed by atoms with E-state index in [-0.39, 0.29) is 17.2 Å². The number of aryl methyl sites for hydroxylation is 1. The minimum atomic E-state index is -0.535. The van der Waals surface area contributed by atoms with Gasteiger partial charge in [0, 0.05) is 11.3 Å². The van der Waals surface area contributed by atoms with Gasteiger partial charge in [-0.05, 0) is 44.0 Å². The van der Waals surface area contributed by atoms with E-state index in [2.05, 4.69) is 5.10 Å². The fourth-order valence-electron chi connectivity index (χ4n) is 3.87. The van der Waals surface area contributed by atoms with Crippen molar-refractivity contribution in [3.05, 3.63) is 124 Å². The van der Waals surface area contributed by atoms with Crippen LogP contribution in [0.15, 0.2) is 95.8 Å². The molecule has 5 nitrogen and oxygen atoms in total. The number of carbonyl (C=O) groups is 1. The molecule has 0 unspecified atom stereocenters. The van der Waals surface area contributed by atoms with Crippen molar-refractivity contribution in [1.82, 2.24) is 9.78 Å². The standard InChI is InChI=1S/C28H26N2O3/c1-19(2)33-28(32)26(24-20(3)29-30(27(24)31)23-17-11-6-12-18-23)25(21-13-7-4-8-14-21)22-15-9-5-10-16-22/h4-19,29H,1-3H3. The van der Waals surface area contributed by atoms with Crippen LogP contribution in [0.4, 0.5) is 0 Å². The van der Waals surface area contributed by atoms with E-state index in [1.807, 2.05) is 91.0 Å². The molecule has 0 bridgehead atoms. The number of aromatic amines is 1. The molecule has 1 N–H and O–H groups in total. The van der Waals surface area contributed by atoms with Gasteiger partial charge in [0.15, 0.2) is 0 Å². The van der Waals surface area contributed by atoms with Gasteiger partial charge >= 0.3 is 5.97 Å². The number of carbonyl (C=O) groups excluding carboxylic acids is 1. The number of nitrogens with one attached hydrogen (secondary N) is 1. The highest BCUT2D eigenvalue weighted by Crippen LogP contribution is 2.33. The van der Waals surface area contributed by atoms with E-state index < -0.39 is 5.97 Å². The summed E-state index contributed by atoms with van der Waals surface area (Å²) < 4.78 is 7.12. The third kappa shape index (κ3) is 4.58. The van der Waals surface area contributed by atoms with Gasteiger partial charge in [0.2, 0.25) is 0 Å². The number of hydrogen-bond donors (Lipinski definition) is 1. The first-order valence-corrected chi connectivity index (χ1v) is 10.9. The quantitative estimate of drug-likeness (QED) is 0.324. The molecular formula is C28H26N2O3. The Morgan fingerprint density at radius 2 is 1.30 bits per heavy atom. The summed E-state index contributed by atoms with van der Waals surface area (Å²) in [5.41, 5.74) is 3.82. The SMILES string of the molecule is Cc1[nH]n(-c2ccccc2)c(=O)c1C(C(=O)OC(C)C)=C(c1ccccc1)c1ccccc1. The maximum atomic E-state index is 13.7. The van der Waals surface area contributed by atoms with Crippen molar-refractivity contribution < 1.29 is 9.53 Å². The molecule has 0 saturated heterocycles. The van der Waals surface area contributed by atoms with Crippen molar-refractivity contribution in [2.75, 3.05) is 0 Å². The smallest absolute Gasteiger partial charge is 0.339 e. The molecule has 0 radical (unpaired) electrons. The molecule has 1 aromatic heterocycles. The number of ether oxygens (including phenoxy) is 1. The Hall–Kier alpha value is -4.12. The monoisotopic (exact) mass is 438 g/mol. The molecule has 3 aromatic carbocycles. The lowest BCUT2D eigenvalue weighted by Crippen LogP contribution is -2.22. The van der Waals surface area contributed by atoms with Crippen LogP contribution in [-0.4, -0.2) is 21.9 Å². The molecule has 0 fully saturated rings. The van der Waals surface area contributed by atoms with Crippen LogP contribution in [0.1, 0.15) is 36.2 Å². The molecule has 0 spiro atoms. The van der Waals surface area contributed by atoms with Gasteiger partial charge in [-0.2, -0.15) is 0 Å². The first-order chi connectivity index (χ1) is 16.0. The minimum Gasteiger partial charge on any atom is -0.459 e. The highest BCUT2D eigenvalue weighted by atomic mass is 16.5. The Bertz CT molecular complexity index is 1290. The molecule has 166 valence electrons. The topological polar surface area (TPSA) is 64.1 Å². The van der Waals surface area contributed by atoms with Crippen LogP contribution in [0, 0.1) is 6.92 Å². The molecule has 33 heavy (non-hydrogen) atoms. The first-order valence-electron chi connectivity index (χ1n) is 10.9. The van der Waals surface area contributed by atoms with Crippen LogP contribution in [0.5, 0.6) is 0 Å². The van der Waals surface area contributed by atoms with Crippen molar-refractivity contribution in [2.24, 2.45) is 0 Å². The van der Waals surface area contributed by atoms with E-state index in [1.54, 1.807) is 20.8 Å². The molecule has 0 aliphatic rings. The predicted molar refractivity (Wildman–Crippen MR) is 131 cm³/mol. The first kappa shape index (κ1) is 22.1. The van der Waals surface area contributed by atoms with Crippen LogP contribution >= 0.6 is 0 Å². The maximum Gasteiger partial charge on any atom is 0.339 e.